The molecule has 0 N–H and O–H groups in total. The Labute approximate surface area is 144 Å². The summed E-state index contributed by atoms with van der Waals surface area (Å²) in [7, 11) is 0. The van der Waals surface area contributed by atoms with Crippen LogP contribution in [-0.2, 0) is 19.1 Å². The molecule has 2 atom stereocenters. The number of rotatable bonds is 4. The van der Waals surface area contributed by atoms with E-state index in [-0.39, 0.29) is 23.8 Å². The van der Waals surface area contributed by atoms with Crippen molar-refractivity contribution in [2.24, 2.45) is 5.92 Å². The van der Waals surface area contributed by atoms with E-state index in [9.17, 15) is 9.59 Å². The molecule has 2 aliphatic heterocycles. The van der Waals surface area contributed by atoms with Gasteiger partial charge >= 0.3 is 5.97 Å². The molecule has 1 amide bonds. The van der Waals surface area contributed by atoms with Gasteiger partial charge in [-0.25, -0.2) is 0 Å². The molecular weight excluding hydrogens is 308 g/mol. The van der Waals surface area contributed by atoms with E-state index in [1.54, 1.807) is 0 Å². The van der Waals surface area contributed by atoms with Crippen molar-refractivity contribution in [3.05, 3.63) is 0 Å². The number of amides is 1. The molecule has 6 nitrogen and oxygen atoms in total. The molecule has 6 heteroatoms. The van der Waals surface area contributed by atoms with Crippen LogP contribution in [0.1, 0.15) is 45.4 Å². The highest BCUT2D eigenvalue weighted by Crippen LogP contribution is 2.28. The Balaban J connectivity index is 1.63. The Kier molecular flexibility index (Phi) is 6.11. The maximum atomic E-state index is 13.1. The number of carbonyl (C=O) groups excluding carboxylic acids is 2. The quantitative estimate of drug-likeness (QED) is 0.726. The average Bonchev–Trinajstić information content (AvgIpc) is 3.16. The normalized spacial score (nSPS) is 29.6. The number of hydrogen-bond acceptors (Lipinski definition) is 5. The van der Waals surface area contributed by atoms with Crippen molar-refractivity contribution in [3.8, 4) is 0 Å². The monoisotopic (exact) mass is 338 g/mol. The molecule has 2 saturated heterocycles. The zero-order valence-corrected chi connectivity index (χ0v) is 14.7. The average molecular weight is 338 g/mol. The van der Waals surface area contributed by atoms with E-state index < -0.39 is 0 Å². The number of hydrogen-bond donors (Lipinski definition) is 0. The molecule has 24 heavy (non-hydrogen) atoms. The Bertz CT molecular complexity index is 450. The van der Waals surface area contributed by atoms with Gasteiger partial charge in [0.2, 0.25) is 5.91 Å². The van der Waals surface area contributed by atoms with Gasteiger partial charge in [0.05, 0.1) is 25.7 Å². The van der Waals surface area contributed by atoms with Crippen LogP contribution in [0.15, 0.2) is 0 Å². The minimum absolute atomic E-state index is 0.135. The summed E-state index contributed by atoms with van der Waals surface area (Å²) >= 11 is 0. The van der Waals surface area contributed by atoms with E-state index in [4.69, 9.17) is 9.47 Å². The standard InChI is InChI=1S/C18H30N2O4/c1-2-24-18(22)14-6-5-9-19(12-14)17(21)16-13-23-11-10-20(16)15-7-3-4-8-15/h14-16H,2-13H2,1H3/t14-,16-/m0/s1. The Morgan fingerprint density at radius 2 is 1.92 bits per heavy atom. The van der Waals surface area contributed by atoms with E-state index >= 15 is 0 Å². The van der Waals surface area contributed by atoms with E-state index in [0.29, 0.717) is 32.4 Å². The number of nitrogens with zero attached hydrogens (tertiary/aromatic N) is 2. The van der Waals surface area contributed by atoms with E-state index in [0.717, 1.165) is 25.9 Å². The summed E-state index contributed by atoms with van der Waals surface area (Å²) in [5.41, 5.74) is 0. The third-order valence-electron chi connectivity index (χ3n) is 5.60. The van der Waals surface area contributed by atoms with Gasteiger partial charge in [-0.05, 0) is 32.6 Å². The lowest BCUT2D eigenvalue weighted by molar-refractivity contribution is -0.154. The number of ether oxygens (including phenoxy) is 2. The molecule has 0 radical (unpaired) electrons. The van der Waals surface area contributed by atoms with Crippen LogP contribution in [0.5, 0.6) is 0 Å². The smallest absolute Gasteiger partial charge is 0.310 e. The minimum atomic E-state index is -0.178. The first-order valence-electron chi connectivity index (χ1n) is 9.49. The van der Waals surface area contributed by atoms with Gasteiger partial charge in [-0.15, -0.1) is 0 Å². The second-order valence-corrected chi connectivity index (χ2v) is 7.14. The van der Waals surface area contributed by atoms with Crippen LogP contribution in [0, 0.1) is 5.92 Å². The highest BCUT2D eigenvalue weighted by molar-refractivity contribution is 5.83. The van der Waals surface area contributed by atoms with Crippen LogP contribution in [0.25, 0.3) is 0 Å². The largest absolute Gasteiger partial charge is 0.466 e. The second kappa shape index (κ2) is 8.30. The summed E-state index contributed by atoms with van der Waals surface area (Å²) in [6.45, 7) is 5.49. The minimum Gasteiger partial charge on any atom is -0.466 e. The number of esters is 1. The highest BCUT2D eigenvalue weighted by atomic mass is 16.5. The molecule has 3 fully saturated rings. The lowest BCUT2D eigenvalue weighted by Crippen LogP contribution is -2.59. The summed E-state index contributed by atoms with van der Waals surface area (Å²) in [6, 6.07) is 0.344. The molecule has 1 aliphatic carbocycles. The maximum absolute atomic E-state index is 13.1. The molecule has 2 heterocycles. The van der Waals surface area contributed by atoms with Gasteiger partial charge in [0.1, 0.15) is 6.04 Å². The number of morpholine rings is 1. The first-order valence-corrected chi connectivity index (χ1v) is 9.49. The lowest BCUT2D eigenvalue weighted by Gasteiger charge is -2.42. The van der Waals surface area contributed by atoms with Gasteiger partial charge in [0, 0.05) is 25.7 Å². The van der Waals surface area contributed by atoms with Gasteiger partial charge in [0.15, 0.2) is 0 Å². The fourth-order valence-corrected chi connectivity index (χ4v) is 4.34. The van der Waals surface area contributed by atoms with Crippen LogP contribution in [0.3, 0.4) is 0 Å². The molecule has 0 unspecified atom stereocenters. The van der Waals surface area contributed by atoms with Gasteiger partial charge < -0.3 is 14.4 Å². The van der Waals surface area contributed by atoms with Crippen LogP contribution >= 0.6 is 0 Å². The number of carbonyl (C=O) groups is 2. The van der Waals surface area contributed by atoms with Crippen molar-refractivity contribution < 1.29 is 19.1 Å². The van der Waals surface area contributed by atoms with Crippen LogP contribution in [0.4, 0.5) is 0 Å². The van der Waals surface area contributed by atoms with Crippen LogP contribution in [-0.4, -0.2) is 73.2 Å². The molecular formula is C18H30N2O4. The van der Waals surface area contributed by atoms with Gasteiger partial charge in [-0.1, -0.05) is 12.8 Å². The van der Waals surface area contributed by atoms with Gasteiger partial charge in [-0.2, -0.15) is 0 Å². The number of piperidine rings is 1. The first kappa shape index (κ1) is 17.7. The molecule has 3 aliphatic rings. The summed E-state index contributed by atoms with van der Waals surface area (Å²) in [5.74, 6) is -0.203. The fraction of sp³-hybridized carbons (Fsp3) is 0.889. The molecule has 0 aromatic rings. The molecule has 3 rings (SSSR count). The SMILES string of the molecule is CCOC(=O)[C@H]1CCCN(C(=O)[C@@H]2COCCN2C2CCCC2)C1. The molecule has 0 aromatic heterocycles. The molecule has 0 spiro atoms. The van der Waals surface area contributed by atoms with Gasteiger partial charge in [-0.3, -0.25) is 14.5 Å². The zero-order chi connectivity index (χ0) is 16.9. The third-order valence-corrected chi connectivity index (χ3v) is 5.60. The number of likely N-dealkylation sites (tertiary alicyclic amines) is 1. The summed E-state index contributed by atoms with van der Waals surface area (Å²) < 4.78 is 10.8. The van der Waals surface area contributed by atoms with Crippen LogP contribution < -0.4 is 0 Å². The Morgan fingerprint density at radius 3 is 2.67 bits per heavy atom. The summed E-state index contributed by atoms with van der Waals surface area (Å²) in [6.07, 6.45) is 6.59. The highest BCUT2D eigenvalue weighted by Gasteiger charge is 2.39. The van der Waals surface area contributed by atoms with Crippen LogP contribution in [0.2, 0.25) is 0 Å². The fourth-order valence-electron chi connectivity index (χ4n) is 4.34. The summed E-state index contributed by atoms with van der Waals surface area (Å²) in [5, 5.41) is 0. The molecule has 136 valence electrons. The van der Waals surface area contributed by atoms with E-state index in [1.165, 1.54) is 25.7 Å². The molecule has 1 saturated carbocycles. The maximum Gasteiger partial charge on any atom is 0.310 e. The van der Waals surface area contributed by atoms with E-state index in [2.05, 4.69) is 4.90 Å². The third kappa shape index (κ3) is 3.91. The first-order chi connectivity index (χ1) is 11.7. The van der Waals surface area contributed by atoms with Crippen molar-refractivity contribution in [2.45, 2.75) is 57.5 Å². The van der Waals surface area contributed by atoms with Crippen molar-refractivity contribution in [2.75, 3.05) is 39.5 Å². The van der Waals surface area contributed by atoms with Crippen molar-refractivity contribution in [1.82, 2.24) is 9.80 Å². The molecule has 0 aromatic carbocycles. The zero-order valence-electron chi connectivity index (χ0n) is 14.7. The van der Waals surface area contributed by atoms with Crippen molar-refractivity contribution >= 4 is 11.9 Å². The lowest BCUT2D eigenvalue weighted by atomic mass is 9.97. The van der Waals surface area contributed by atoms with E-state index in [1.807, 2.05) is 11.8 Å². The van der Waals surface area contributed by atoms with Crippen molar-refractivity contribution in [1.29, 1.82) is 0 Å². The molecule has 0 bridgehead atoms. The van der Waals surface area contributed by atoms with Gasteiger partial charge in [0.25, 0.3) is 0 Å². The Hall–Kier alpha value is -1.14. The van der Waals surface area contributed by atoms with Crippen molar-refractivity contribution in [3.63, 3.8) is 0 Å². The summed E-state index contributed by atoms with van der Waals surface area (Å²) in [4.78, 5) is 29.4. The predicted molar refractivity (Wildman–Crippen MR) is 89.5 cm³/mol. The Morgan fingerprint density at radius 1 is 1.12 bits per heavy atom. The second-order valence-electron chi connectivity index (χ2n) is 7.14. The topological polar surface area (TPSA) is 59.1 Å². The predicted octanol–water partition coefficient (Wildman–Crippen LogP) is 1.43.